The molecule has 0 aromatic heterocycles. The second kappa shape index (κ2) is 5.65. The van der Waals surface area contributed by atoms with Crippen LogP contribution in [0.15, 0.2) is 30.3 Å². The van der Waals surface area contributed by atoms with Gasteiger partial charge in [-0.2, -0.15) is 8.42 Å². The van der Waals surface area contributed by atoms with Gasteiger partial charge in [-0.05, 0) is 12.1 Å². The summed E-state index contributed by atoms with van der Waals surface area (Å²) in [6.45, 7) is -0.109. The summed E-state index contributed by atoms with van der Waals surface area (Å²) in [4.78, 5) is 10.5. The fourth-order valence-corrected chi connectivity index (χ4v) is 2.24. The van der Waals surface area contributed by atoms with Gasteiger partial charge in [-0.3, -0.25) is 9.10 Å². The highest BCUT2D eigenvalue weighted by Crippen LogP contribution is 2.16. The van der Waals surface area contributed by atoms with Crippen LogP contribution in [0.2, 0.25) is 0 Å². The van der Waals surface area contributed by atoms with Crippen LogP contribution in [0.25, 0.3) is 0 Å². The van der Waals surface area contributed by atoms with E-state index in [1.54, 1.807) is 30.3 Å². The summed E-state index contributed by atoms with van der Waals surface area (Å²) in [5.74, 6) is -1.04. The first-order valence-electron chi connectivity index (χ1n) is 4.95. The van der Waals surface area contributed by atoms with Crippen molar-refractivity contribution in [2.75, 3.05) is 17.9 Å². The van der Waals surface area contributed by atoms with Gasteiger partial charge in [-0.15, -0.1) is 0 Å². The minimum Gasteiger partial charge on any atom is -0.481 e. The van der Waals surface area contributed by atoms with Crippen LogP contribution in [0.5, 0.6) is 0 Å². The maximum Gasteiger partial charge on any atom is 0.305 e. The SMILES string of the molecule is CNS(=O)(=O)N(CCC(=O)O)c1ccccc1. The lowest BCUT2D eigenvalue weighted by Crippen LogP contribution is -2.40. The van der Waals surface area contributed by atoms with Crippen LogP contribution in [-0.2, 0) is 15.0 Å². The van der Waals surface area contributed by atoms with E-state index in [1.807, 2.05) is 0 Å². The molecule has 0 aliphatic rings. The summed E-state index contributed by atoms with van der Waals surface area (Å²) in [7, 11) is -2.41. The van der Waals surface area contributed by atoms with Crippen LogP contribution in [0.1, 0.15) is 6.42 Å². The van der Waals surface area contributed by atoms with Gasteiger partial charge < -0.3 is 5.11 Å². The summed E-state index contributed by atoms with van der Waals surface area (Å²) >= 11 is 0. The second-order valence-electron chi connectivity index (χ2n) is 3.26. The monoisotopic (exact) mass is 258 g/mol. The van der Waals surface area contributed by atoms with Gasteiger partial charge in [0.15, 0.2) is 0 Å². The van der Waals surface area contributed by atoms with E-state index in [2.05, 4.69) is 4.72 Å². The normalized spacial score (nSPS) is 11.1. The zero-order valence-corrected chi connectivity index (χ0v) is 10.1. The van der Waals surface area contributed by atoms with E-state index in [4.69, 9.17) is 5.11 Å². The molecule has 0 aliphatic carbocycles. The van der Waals surface area contributed by atoms with Gasteiger partial charge in [0.2, 0.25) is 0 Å². The highest BCUT2D eigenvalue weighted by Gasteiger charge is 2.20. The predicted octanol–water partition coefficient (Wildman–Crippen LogP) is 0.432. The number of aliphatic carboxylic acids is 1. The minimum absolute atomic E-state index is 0.109. The lowest BCUT2D eigenvalue weighted by Gasteiger charge is -2.22. The molecule has 0 atom stereocenters. The van der Waals surface area contributed by atoms with E-state index in [0.717, 1.165) is 4.31 Å². The Morgan fingerprint density at radius 1 is 1.35 bits per heavy atom. The van der Waals surface area contributed by atoms with Gasteiger partial charge in [0, 0.05) is 13.6 Å². The van der Waals surface area contributed by atoms with Crippen molar-refractivity contribution in [1.82, 2.24) is 4.72 Å². The molecule has 0 fully saturated rings. The number of rotatable bonds is 6. The molecule has 0 unspecified atom stereocenters. The summed E-state index contributed by atoms with van der Waals surface area (Å²) < 4.78 is 26.7. The van der Waals surface area contributed by atoms with Crippen molar-refractivity contribution in [3.63, 3.8) is 0 Å². The highest BCUT2D eigenvalue weighted by atomic mass is 32.2. The van der Waals surface area contributed by atoms with Crippen LogP contribution in [0.4, 0.5) is 5.69 Å². The Balaban J connectivity index is 2.99. The quantitative estimate of drug-likeness (QED) is 0.774. The molecule has 0 spiro atoms. The zero-order chi connectivity index (χ0) is 12.9. The molecule has 6 nitrogen and oxygen atoms in total. The van der Waals surface area contributed by atoms with Gasteiger partial charge in [-0.25, -0.2) is 4.72 Å². The van der Waals surface area contributed by atoms with Crippen molar-refractivity contribution in [2.24, 2.45) is 0 Å². The Morgan fingerprint density at radius 2 is 1.94 bits per heavy atom. The number of carboxylic acids is 1. The third-order valence-corrected chi connectivity index (χ3v) is 3.61. The van der Waals surface area contributed by atoms with Crippen molar-refractivity contribution >= 4 is 21.9 Å². The zero-order valence-electron chi connectivity index (χ0n) is 9.33. The molecule has 0 saturated heterocycles. The van der Waals surface area contributed by atoms with E-state index in [9.17, 15) is 13.2 Å². The molecule has 0 aliphatic heterocycles. The molecule has 94 valence electrons. The molecule has 17 heavy (non-hydrogen) atoms. The predicted molar refractivity (Wildman–Crippen MR) is 64.0 cm³/mol. The van der Waals surface area contributed by atoms with E-state index in [-0.39, 0.29) is 13.0 Å². The molecule has 0 saturated carbocycles. The van der Waals surface area contributed by atoms with Gasteiger partial charge in [-0.1, -0.05) is 18.2 Å². The number of benzene rings is 1. The fourth-order valence-electron chi connectivity index (χ4n) is 1.29. The number of carboxylic acid groups (broad SMARTS) is 1. The van der Waals surface area contributed by atoms with Crippen LogP contribution in [0.3, 0.4) is 0 Å². The number of nitrogens with zero attached hydrogens (tertiary/aromatic N) is 1. The van der Waals surface area contributed by atoms with Crippen molar-refractivity contribution in [3.05, 3.63) is 30.3 Å². The maximum absolute atomic E-state index is 11.7. The summed E-state index contributed by atoms with van der Waals surface area (Å²) in [5.41, 5.74) is 0.433. The Kier molecular flexibility index (Phi) is 4.47. The summed E-state index contributed by atoms with van der Waals surface area (Å²) in [6.07, 6.45) is -0.254. The third-order valence-electron chi connectivity index (χ3n) is 2.12. The van der Waals surface area contributed by atoms with Crippen molar-refractivity contribution in [2.45, 2.75) is 6.42 Å². The maximum atomic E-state index is 11.7. The number of para-hydroxylation sites is 1. The Labute approximate surface area is 100 Å². The van der Waals surface area contributed by atoms with Crippen LogP contribution in [-0.4, -0.2) is 33.1 Å². The van der Waals surface area contributed by atoms with Gasteiger partial charge >= 0.3 is 16.2 Å². The average molecular weight is 258 g/mol. The molecule has 0 bridgehead atoms. The van der Waals surface area contributed by atoms with E-state index in [0.29, 0.717) is 5.69 Å². The first-order valence-corrected chi connectivity index (χ1v) is 6.39. The molecule has 1 aromatic rings. The minimum atomic E-state index is -3.69. The first-order chi connectivity index (χ1) is 7.97. The topological polar surface area (TPSA) is 86.7 Å². The van der Waals surface area contributed by atoms with Gasteiger partial charge in [0.05, 0.1) is 12.1 Å². The summed E-state index contributed by atoms with van der Waals surface area (Å²) in [6, 6.07) is 8.35. The number of carbonyl (C=O) groups is 1. The second-order valence-corrected chi connectivity index (χ2v) is 5.06. The molecular formula is C10H14N2O4S. The number of nitrogens with one attached hydrogen (secondary N) is 1. The number of hydrogen-bond donors (Lipinski definition) is 2. The molecule has 2 N–H and O–H groups in total. The Hall–Kier alpha value is -1.60. The van der Waals surface area contributed by atoms with Crippen LogP contribution in [0, 0.1) is 0 Å². The van der Waals surface area contributed by atoms with Gasteiger partial charge in [0.1, 0.15) is 0 Å². The molecular weight excluding hydrogens is 244 g/mol. The van der Waals surface area contributed by atoms with Crippen molar-refractivity contribution in [3.8, 4) is 0 Å². The third kappa shape index (κ3) is 3.72. The van der Waals surface area contributed by atoms with Crippen LogP contribution < -0.4 is 9.03 Å². The molecule has 1 aromatic carbocycles. The van der Waals surface area contributed by atoms with Gasteiger partial charge in [0.25, 0.3) is 0 Å². The van der Waals surface area contributed by atoms with E-state index >= 15 is 0 Å². The van der Waals surface area contributed by atoms with E-state index in [1.165, 1.54) is 7.05 Å². The lowest BCUT2D eigenvalue weighted by atomic mass is 10.3. The summed E-state index contributed by atoms with van der Waals surface area (Å²) in [5, 5.41) is 8.61. The van der Waals surface area contributed by atoms with E-state index < -0.39 is 16.2 Å². The average Bonchev–Trinajstić information content (AvgIpc) is 2.30. The Bertz CT molecular complexity index is 472. The largest absolute Gasteiger partial charge is 0.481 e. The lowest BCUT2D eigenvalue weighted by molar-refractivity contribution is -0.136. The number of anilines is 1. The molecule has 0 radical (unpaired) electrons. The number of hydrogen-bond acceptors (Lipinski definition) is 3. The molecule has 1 rings (SSSR count). The molecule has 0 amide bonds. The smallest absolute Gasteiger partial charge is 0.305 e. The standard InChI is InChI=1S/C10H14N2O4S/c1-11-17(15,16)12(8-7-10(13)14)9-5-3-2-4-6-9/h2-6,11H,7-8H2,1H3,(H,13,14). The van der Waals surface area contributed by atoms with Crippen molar-refractivity contribution < 1.29 is 18.3 Å². The molecule has 0 heterocycles. The van der Waals surface area contributed by atoms with Crippen LogP contribution >= 0.6 is 0 Å². The van der Waals surface area contributed by atoms with Crippen molar-refractivity contribution in [1.29, 1.82) is 0 Å². The Morgan fingerprint density at radius 3 is 2.41 bits per heavy atom. The molecule has 7 heteroatoms. The fraction of sp³-hybridized carbons (Fsp3) is 0.300. The first kappa shape index (κ1) is 13.5. The highest BCUT2D eigenvalue weighted by molar-refractivity contribution is 7.90.